The Morgan fingerprint density at radius 2 is 1.77 bits per heavy atom. The molecule has 1 fully saturated rings. The minimum absolute atomic E-state index is 0.00188. The quantitative estimate of drug-likeness (QED) is 0.455. The fourth-order valence-electron chi connectivity index (χ4n) is 5.46. The molecule has 212 valence electrons. The third-order valence-corrected chi connectivity index (χ3v) is 7.76. The number of amides is 2. The van der Waals surface area contributed by atoms with Crippen molar-refractivity contribution < 1.29 is 14.3 Å². The van der Waals surface area contributed by atoms with Crippen LogP contribution >= 0.6 is 0 Å². The standard InChI is InChI=1S/C30H39N7O3/c38-29(32-14-6-15-35-19-21-40-22-20-35)24-11-17-36(30(39)25-7-2-1-3-8-25)16-5-10-27-33-34-28(37(27)18-12-24)26-9-4-13-31-23-26/h1-4,7-9,13,23-24H,5-6,10-12,14-22H2,(H,32,38). The third kappa shape index (κ3) is 7.31. The van der Waals surface area contributed by atoms with Gasteiger partial charge in [-0.25, -0.2) is 0 Å². The number of nitrogens with one attached hydrogen (secondary N) is 1. The maximum atomic E-state index is 13.5. The Bertz CT molecular complexity index is 1230. The molecule has 4 heterocycles. The Labute approximate surface area is 235 Å². The zero-order valence-electron chi connectivity index (χ0n) is 23.1. The number of nitrogens with zero attached hydrogens (tertiary/aromatic N) is 6. The topological polar surface area (TPSA) is 105 Å². The van der Waals surface area contributed by atoms with Gasteiger partial charge >= 0.3 is 0 Å². The summed E-state index contributed by atoms with van der Waals surface area (Å²) in [5.74, 6) is 1.46. The van der Waals surface area contributed by atoms with Gasteiger partial charge in [-0.3, -0.25) is 19.5 Å². The van der Waals surface area contributed by atoms with E-state index >= 15 is 0 Å². The van der Waals surface area contributed by atoms with Gasteiger partial charge in [0.1, 0.15) is 5.82 Å². The molecule has 3 aromatic rings. The van der Waals surface area contributed by atoms with Crippen LogP contribution < -0.4 is 5.32 Å². The summed E-state index contributed by atoms with van der Waals surface area (Å²) in [6.07, 6.45) is 7.14. The van der Waals surface area contributed by atoms with Crippen LogP contribution in [0.3, 0.4) is 0 Å². The lowest BCUT2D eigenvalue weighted by molar-refractivity contribution is -0.125. The van der Waals surface area contributed by atoms with E-state index in [2.05, 4.69) is 30.0 Å². The minimum atomic E-state index is -0.232. The van der Waals surface area contributed by atoms with Crippen LogP contribution in [0, 0.1) is 5.92 Å². The van der Waals surface area contributed by atoms with E-state index in [4.69, 9.17) is 4.74 Å². The summed E-state index contributed by atoms with van der Waals surface area (Å²) in [4.78, 5) is 35.4. The molecule has 1 N–H and O–H groups in total. The highest BCUT2D eigenvalue weighted by atomic mass is 16.5. The first kappa shape index (κ1) is 27.9. The predicted octanol–water partition coefficient (Wildman–Crippen LogP) is 2.66. The number of aryl methyl sites for hydroxylation is 1. The molecule has 40 heavy (non-hydrogen) atoms. The number of aromatic nitrogens is 4. The van der Waals surface area contributed by atoms with Crippen LogP contribution in [0.1, 0.15) is 41.9 Å². The van der Waals surface area contributed by atoms with E-state index < -0.39 is 0 Å². The number of morpholine rings is 1. The summed E-state index contributed by atoms with van der Waals surface area (Å²) in [6.45, 7) is 6.80. The summed E-state index contributed by atoms with van der Waals surface area (Å²) in [7, 11) is 0. The largest absolute Gasteiger partial charge is 0.379 e. The molecule has 0 bridgehead atoms. The van der Waals surface area contributed by atoms with Crippen molar-refractivity contribution in [3.63, 3.8) is 0 Å². The van der Waals surface area contributed by atoms with E-state index in [-0.39, 0.29) is 17.7 Å². The van der Waals surface area contributed by atoms with E-state index in [0.717, 1.165) is 62.9 Å². The zero-order chi connectivity index (χ0) is 27.6. The normalized spacial score (nSPS) is 18.9. The molecule has 1 unspecified atom stereocenters. The number of carbonyl (C=O) groups is 2. The van der Waals surface area contributed by atoms with Gasteiger partial charge in [0.05, 0.1) is 13.2 Å². The van der Waals surface area contributed by atoms with Gasteiger partial charge in [-0.15, -0.1) is 10.2 Å². The summed E-state index contributed by atoms with van der Waals surface area (Å²) in [6, 6.07) is 13.3. The first-order valence-electron chi connectivity index (χ1n) is 14.4. The predicted molar refractivity (Wildman–Crippen MR) is 152 cm³/mol. The molecular formula is C30H39N7O3. The van der Waals surface area contributed by atoms with Crippen molar-refractivity contribution in [2.75, 3.05) is 52.5 Å². The van der Waals surface area contributed by atoms with Crippen LogP contribution in [-0.4, -0.2) is 93.8 Å². The second-order valence-corrected chi connectivity index (χ2v) is 10.5. The number of fused-ring (bicyclic) bond motifs is 1. The molecule has 5 rings (SSSR count). The second kappa shape index (κ2) is 14.1. The molecule has 2 amide bonds. The lowest BCUT2D eigenvalue weighted by Crippen LogP contribution is -2.39. The Balaban J connectivity index is 1.30. The van der Waals surface area contributed by atoms with Crippen molar-refractivity contribution >= 4 is 11.8 Å². The van der Waals surface area contributed by atoms with Gasteiger partial charge in [-0.2, -0.15) is 0 Å². The number of hydrogen-bond acceptors (Lipinski definition) is 7. The van der Waals surface area contributed by atoms with Gasteiger partial charge in [0.25, 0.3) is 5.91 Å². The monoisotopic (exact) mass is 545 g/mol. The van der Waals surface area contributed by atoms with Crippen LogP contribution in [-0.2, 0) is 22.5 Å². The smallest absolute Gasteiger partial charge is 0.253 e. The maximum absolute atomic E-state index is 13.5. The molecule has 10 nitrogen and oxygen atoms in total. The van der Waals surface area contributed by atoms with E-state index in [9.17, 15) is 9.59 Å². The first-order chi connectivity index (χ1) is 19.7. The van der Waals surface area contributed by atoms with Crippen LogP contribution in [0.5, 0.6) is 0 Å². The lowest BCUT2D eigenvalue weighted by atomic mass is 9.99. The highest BCUT2D eigenvalue weighted by Gasteiger charge is 2.25. The highest BCUT2D eigenvalue weighted by Crippen LogP contribution is 2.22. The minimum Gasteiger partial charge on any atom is -0.379 e. The first-order valence-corrected chi connectivity index (χ1v) is 14.4. The zero-order valence-corrected chi connectivity index (χ0v) is 23.1. The van der Waals surface area contributed by atoms with Crippen molar-refractivity contribution in [2.24, 2.45) is 5.92 Å². The number of ether oxygens (including phenoxy) is 1. The van der Waals surface area contributed by atoms with Gasteiger partial charge in [-0.05, 0) is 56.5 Å². The van der Waals surface area contributed by atoms with Gasteiger partial charge in [0, 0.05) is 75.1 Å². The lowest BCUT2D eigenvalue weighted by Gasteiger charge is -2.27. The maximum Gasteiger partial charge on any atom is 0.253 e. The van der Waals surface area contributed by atoms with Crippen LogP contribution in [0.2, 0.25) is 0 Å². The average molecular weight is 546 g/mol. The van der Waals surface area contributed by atoms with Crippen LogP contribution in [0.4, 0.5) is 0 Å². The fraction of sp³-hybridized carbons (Fsp3) is 0.500. The molecule has 0 radical (unpaired) electrons. The summed E-state index contributed by atoms with van der Waals surface area (Å²) >= 11 is 0. The fourth-order valence-corrected chi connectivity index (χ4v) is 5.46. The Hall–Kier alpha value is -3.63. The summed E-state index contributed by atoms with van der Waals surface area (Å²) in [5.41, 5.74) is 1.57. The molecule has 0 saturated carbocycles. The molecule has 2 aliphatic heterocycles. The van der Waals surface area contributed by atoms with Crippen molar-refractivity contribution in [1.29, 1.82) is 0 Å². The summed E-state index contributed by atoms with van der Waals surface area (Å²) in [5, 5.41) is 12.2. The molecule has 1 saturated heterocycles. The molecule has 2 aromatic heterocycles. The second-order valence-electron chi connectivity index (χ2n) is 10.5. The Morgan fingerprint density at radius 3 is 2.58 bits per heavy atom. The molecule has 1 aromatic carbocycles. The van der Waals surface area contributed by atoms with Crippen LogP contribution in [0.15, 0.2) is 54.9 Å². The molecule has 0 aliphatic carbocycles. The molecule has 1 atom stereocenters. The molecular weight excluding hydrogens is 506 g/mol. The Kier molecular flexibility index (Phi) is 9.87. The number of benzene rings is 1. The van der Waals surface area contributed by atoms with Gasteiger partial charge in [0.2, 0.25) is 5.91 Å². The molecule has 2 aliphatic rings. The number of pyridine rings is 1. The van der Waals surface area contributed by atoms with E-state index in [0.29, 0.717) is 51.0 Å². The van der Waals surface area contributed by atoms with Gasteiger partial charge < -0.3 is 19.5 Å². The van der Waals surface area contributed by atoms with Crippen molar-refractivity contribution in [2.45, 2.75) is 38.6 Å². The van der Waals surface area contributed by atoms with Crippen LogP contribution in [0.25, 0.3) is 11.4 Å². The van der Waals surface area contributed by atoms with Gasteiger partial charge in [0.15, 0.2) is 5.82 Å². The Morgan fingerprint density at radius 1 is 0.950 bits per heavy atom. The van der Waals surface area contributed by atoms with Gasteiger partial charge in [-0.1, -0.05) is 18.2 Å². The number of hydrogen-bond donors (Lipinski definition) is 1. The van der Waals surface area contributed by atoms with Crippen molar-refractivity contribution in [3.05, 3.63) is 66.2 Å². The average Bonchev–Trinajstić information content (AvgIpc) is 3.40. The third-order valence-electron chi connectivity index (χ3n) is 7.76. The summed E-state index contributed by atoms with van der Waals surface area (Å²) < 4.78 is 7.56. The SMILES string of the molecule is O=C(NCCCN1CCOCC1)C1CCN(C(=O)c2ccccc2)CCCc2nnc(-c3cccnc3)n2CC1. The van der Waals surface area contributed by atoms with Crippen molar-refractivity contribution in [1.82, 2.24) is 34.9 Å². The van der Waals surface area contributed by atoms with E-state index in [1.165, 1.54) is 0 Å². The van der Waals surface area contributed by atoms with E-state index in [1.54, 1.807) is 12.4 Å². The molecule has 10 heteroatoms. The van der Waals surface area contributed by atoms with Crippen molar-refractivity contribution in [3.8, 4) is 11.4 Å². The number of rotatable bonds is 7. The number of carbonyl (C=O) groups excluding carboxylic acids is 2. The highest BCUT2D eigenvalue weighted by molar-refractivity contribution is 5.94. The molecule has 0 spiro atoms. The van der Waals surface area contributed by atoms with E-state index in [1.807, 2.05) is 47.4 Å².